The van der Waals surface area contributed by atoms with Gasteiger partial charge in [0.2, 0.25) is 5.91 Å². The first kappa shape index (κ1) is 22.8. The zero-order valence-electron chi connectivity index (χ0n) is 24.1. The van der Waals surface area contributed by atoms with Gasteiger partial charge in [-0.15, -0.1) is 21.5 Å². The van der Waals surface area contributed by atoms with Gasteiger partial charge in [0.05, 0.1) is 42.9 Å². The Bertz CT molecular complexity index is 1510. The van der Waals surface area contributed by atoms with Crippen molar-refractivity contribution < 1.29 is 28.3 Å². The van der Waals surface area contributed by atoms with Crippen LogP contribution in [0.25, 0.3) is 10.6 Å². The largest absolute Gasteiger partial charge is 0.494 e. The van der Waals surface area contributed by atoms with Crippen LogP contribution in [-0.2, 0) is 4.79 Å². The van der Waals surface area contributed by atoms with E-state index >= 15 is 0 Å². The topological polar surface area (TPSA) is 159 Å². The zero-order chi connectivity index (χ0) is 30.0. The molecule has 1 atom stereocenters. The number of aliphatic hydroxyl groups excluding tert-OH is 1. The molecule has 2 aromatic heterocycles. The summed E-state index contributed by atoms with van der Waals surface area (Å²) in [5, 5.41) is 25.6. The molecule has 0 unspecified atom stereocenters. The lowest BCUT2D eigenvalue weighted by Crippen LogP contribution is -2.37. The number of benzene rings is 1. The van der Waals surface area contributed by atoms with Gasteiger partial charge < -0.3 is 30.7 Å². The van der Waals surface area contributed by atoms with Crippen LogP contribution in [0, 0.1) is 5.92 Å². The minimum absolute atomic E-state index is 0.0763. The number of amides is 3. The number of nitrogens with one attached hydrogen (secondary N) is 3. The number of hydrogen-bond acceptors (Lipinski definition) is 10. The van der Waals surface area contributed by atoms with Crippen LogP contribution in [0.5, 0.6) is 5.75 Å². The summed E-state index contributed by atoms with van der Waals surface area (Å²) in [5.74, 6) is -1.09. The van der Waals surface area contributed by atoms with Gasteiger partial charge in [-0.05, 0) is 37.8 Å². The quantitative estimate of drug-likeness (QED) is 0.312. The Hall–Kier alpha value is -4.10. The average molecular weight is 555 g/mol. The van der Waals surface area contributed by atoms with Gasteiger partial charge in [-0.25, -0.2) is 4.98 Å². The first-order valence-corrected chi connectivity index (χ1v) is 13.2. The Morgan fingerprint density at radius 3 is 2.82 bits per heavy atom. The Kier molecular flexibility index (Phi) is 6.64. The highest BCUT2D eigenvalue weighted by Crippen LogP contribution is 2.40. The molecule has 4 N–H and O–H groups in total. The van der Waals surface area contributed by atoms with E-state index in [0.717, 1.165) is 25.7 Å². The van der Waals surface area contributed by atoms with Crippen molar-refractivity contribution in [3.05, 3.63) is 41.0 Å². The summed E-state index contributed by atoms with van der Waals surface area (Å²) in [7, 11) is 1.45. The van der Waals surface area contributed by atoms with Crippen LogP contribution in [0.4, 0.5) is 17.2 Å². The number of likely N-dealkylation sites (tertiary alicyclic amines) is 1. The standard InChI is InChI=1S/C26H29N7O5S/c1-27-24(36)21-18(11-20(31-32-21)30-23(35)14-8-9-14)29-17-7-3-6-16(22(17)38-2)25-28-12-19(39-25)26(37)33-10-4-5-15(33)13-34/h3,6-7,11-12,14-15,34H,4-5,8-10,13H2,1-2H3,(H,27,36)(H2,29,30,31,35)/t15-/m0/s1/i1D3. The van der Waals surface area contributed by atoms with Crippen molar-refractivity contribution >= 4 is 46.3 Å². The Morgan fingerprint density at radius 1 is 1.23 bits per heavy atom. The second-order valence-electron chi connectivity index (χ2n) is 9.23. The fourth-order valence-electron chi connectivity index (χ4n) is 4.45. The molecule has 1 aliphatic heterocycles. The van der Waals surface area contributed by atoms with Crippen molar-refractivity contribution in [1.82, 2.24) is 25.4 Å². The second-order valence-corrected chi connectivity index (χ2v) is 10.3. The third kappa shape index (κ3) is 5.54. The Labute approximate surface area is 233 Å². The number of thiazole rings is 1. The highest BCUT2D eigenvalue weighted by Gasteiger charge is 2.31. The number of aromatic nitrogens is 3. The molecule has 3 amide bonds. The number of carbonyl (C=O) groups is 3. The van der Waals surface area contributed by atoms with Gasteiger partial charge in [0.1, 0.15) is 9.88 Å². The van der Waals surface area contributed by atoms with E-state index in [9.17, 15) is 19.5 Å². The normalized spacial score (nSPS) is 18.1. The summed E-state index contributed by atoms with van der Waals surface area (Å²) < 4.78 is 27.9. The number of aliphatic hydroxyl groups is 1. The minimum Gasteiger partial charge on any atom is -0.494 e. The van der Waals surface area contributed by atoms with E-state index in [1.165, 1.54) is 30.7 Å². The van der Waals surface area contributed by atoms with E-state index in [-0.39, 0.29) is 47.6 Å². The van der Waals surface area contributed by atoms with Crippen LogP contribution >= 0.6 is 11.3 Å². The number of para-hydroxylation sites is 1. The molecule has 1 aliphatic carbocycles. The van der Waals surface area contributed by atoms with Crippen molar-refractivity contribution in [3.63, 3.8) is 0 Å². The molecular formula is C26H29N7O5S. The van der Waals surface area contributed by atoms with E-state index in [0.29, 0.717) is 33.4 Å². The maximum absolute atomic E-state index is 13.1. The van der Waals surface area contributed by atoms with Crippen LogP contribution < -0.4 is 20.7 Å². The minimum atomic E-state index is -2.77. The van der Waals surface area contributed by atoms with Crippen LogP contribution in [0.1, 0.15) is 50.0 Å². The molecule has 5 rings (SSSR count). The van der Waals surface area contributed by atoms with Crippen molar-refractivity contribution in [2.45, 2.75) is 31.7 Å². The van der Waals surface area contributed by atoms with Crippen LogP contribution in [0.3, 0.4) is 0 Å². The highest BCUT2D eigenvalue weighted by atomic mass is 32.1. The SMILES string of the molecule is [2H]C([2H])([2H])NC(=O)c1nnc(NC(=O)C2CC2)cc1Nc1cccc(-c2ncc(C(=O)N3CCC[C@H]3CO)s2)c1OC. The summed E-state index contributed by atoms with van der Waals surface area (Å²) >= 11 is 1.18. The Morgan fingerprint density at radius 2 is 2.08 bits per heavy atom. The lowest BCUT2D eigenvalue weighted by Gasteiger charge is -2.21. The first-order valence-electron chi connectivity index (χ1n) is 13.9. The number of anilines is 3. The summed E-state index contributed by atoms with van der Waals surface area (Å²) in [6.07, 6.45) is 4.62. The van der Waals surface area contributed by atoms with Gasteiger partial charge in [-0.2, -0.15) is 0 Å². The Balaban J connectivity index is 1.46. The smallest absolute Gasteiger partial charge is 0.273 e. The molecule has 12 nitrogen and oxygen atoms in total. The molecule has 3 heterocycles. The van der Waals surface area contributed by atoms with Crippen molar-refractivity contribution in [3.8, 4) is 16.3 Å². The first-order chi connectivity index (χ1) is 20.1. The summed E-state index contributed by atoms with van der Waals surface area (Å²) in [6, 6.07) is 6.33. The van der Waals surface area contributed by atoms with Crippen molar-refractivity contribution in [1.29, 1.82) is 0 Å². The van der Waals surface area contributed by atoms with Gasteiger partial charge in [-0.1, -0.05) is 6.07 Å². The monoisotopic (exact) mass is 554 g/mol. The van der Waals surface area contributed by atoms with Crippen LogP contribution in [0.15, 0.2) is 30.5 Å². The van der Waals surface area contributed by atoms with Gasteiger partial charge in [-0.3, -0.25) is 14.4 Å². The molecule has 3 aromatic rings. The highest BCUT2D eigenvalue weighted by molar-refractivity contribution is 7.17. The van der Waals surface area contributed by atoms with E-state index in [4.69, 9.17) is 8.85 Å². The fourth-order valence-corrected chi connectivity index (χ4v) is 5.34. The predicted molar refractivity (Wildman–Crippen MR) is 145 cm³/mol. The van der Waals surface area contributed by atoms with Gasteiger partial charge in [0, 0.05) is 29.6 Å². The number of methoxy groups -OCH3 is 1. The summed E-state index contributed by atoms with van der Waals surface area (Å²) in [5.41, 5.74) is 0.708. The predicted octanol–water partition coefficient (Wildman–Crippen LogP) is 2.66. The molecule has 1 saturated heterocycles. The molecule has 0 bridgehead atoms. The number of carbonyl (C=O) groups excluding carboxylic acids is 3. The molecule has 2 aliphatic rings. The molecule has 0 radical (unpaired) electrons. The molecule has 0 spiro atoms. The van der Waals surface area contributed by atoms with Gasteiger partial charge in [0.25, 0.3) is 11.8 Å². The maximum atomic E-state index is 13.1. The third-order valence-corrected chi connectivity index (χ3v) is 7.62. The number of nitrogens with zero attached hydrogens (tertiary/aromatic N) is 4. The van der Waals surface area contributed by atoms with Gasteiger partial charge in [0.15, 0.2) is 17.3 Å². The molecule has 1 saturated carbocycles. The summed E-state index contributed by atoms with van der Waals surface area (Å²) in [6.45, 7) is -2.29. The lowest BCUT2D eigenvalue weighted by atomic mass is 10.1. The molecule has 204 valence electrons. The van der Waals surface area contributed by atoms with E-state index < -0.39 is 12.9 Å². The lowest BCUT2D eigenvalue weighted by molar-refractivity contribution is -0.117. The molecule has 1 aromatic carbocycles. The van der Waals surface area contributed by atoms with Crippen molar-refractivity contribution in [2.75, 3.05) is 37.9 Å². The molecule has 13 heteroatoms. The second kappa shape index (κ2) is 11.3. The number of ether oxygens (including phenoxy) is 1. The molecular weight excluding hydrogens is 522 g/mol. The molecule has 2 fully saturated rings. The summed E-state index contributed by atoms with van der Waals surface area (Å²) in [4.78, 5) is 44.7. The van der Waals surface area contributed by atoms with Crippen molar-refractivity contribution in [2.24, 2.45) is 5.92 Å². The fraction of sp³-hybridized carbons (Fsp3) is 0.385. The number of rotatable bonds is 9. The van der Waals surface area contributed by atoms with Gasteiger partial charge >= 0.3 is 0 Å². The number of hydrogen-bond donors (Lipinski definition) is 4. The maximum Gasteiger partial charge on any atom is 0.273 e. The zero-order valence-corrected chi connectivity index (χ0v) is 21.9. The van der Waals surface area contributed by atoms with E-state index in [2.05, 4.69) is 25.8 Å². The molecule has 39 heavy (non-hydrogen) atoms. The third-order valence-electron chi connectivity index (χ3n) is 6.61. The average Bonchev–Trinajstić information content (AvgIpc) is 3.49. The van der Waals surface area contributed by atoms with E-state index in [1.807, 2.05) is 5.32 Å². The van der Waals surface area contributed by atoms with Crippen LogP contribution in [0.2, 0.25) is 0 Å². The van der Waals surface area contributed by atoms with E-state index in [1.54, 1.807) is 23.1 Å². The van der Waals surface area contributed by atoms with Crippen LogP contribution in [-0.4, -0.2) is 76.2 Å².